The maximum Gasteiger partial charge on any atom is 0.404 e. The first-order chi connectivity index (χ1) is 11.0. The molecule has 4 nitrogen and oxygen atoms in total. The first-order valence-electron chi connectivity index (χ1n) is 7.15. The van der Waals surface area contributed by atoms with E-state index in [1.54, 1.807) is 0 Å². The van der Waals surface area contributed by atoms with E-state index in [1.165, 1.54) is 19.9 Å². The van der Waals surface area contributed by atoms with Gasteiger partial charge in [-0.3, -0.25) is 4.79 Å². The lowest BCUT2D eigenvalue weighted by Gasteiger charge is -2.49. The van der Waals surface area contributed by atoms with Crippen molar-refractivity contribution in [2.24, 2.45) is 5.73 Å². The lowest BCUT2D eigenvalue weighted by atomic mass is 9.60. The molecule has 1 unspecified atom stereocenters. The number of anilines is 2. The minimum atomic E-state index is -4.86. The molecule has 1 atom stereocenters. The van der Waals surface area contributed by atoms with Gasteiger partial charge in [0.25, 0.3) is 5.56 Å². The summed E-state index contributed by atoms with van der Waals surface area (Å²) in [4.78, 5) is 14.4. The molecular weight excluding hydrogens is 326 g/mol. The van der Waals surface area contributed by atoms with Crippen LogP contribution in [0.1, 0.15) is 25.0 Å². The van der Waals surface area contributed by atoms with E-state index in [4.69, 9.17) is 5.73 Å². The number of pyridine rings is 1. The van der Waals surface area contributed by atoms with Gasteiger partial charge in [-0.15, -0.1) is 0 Å². The van der Waals surface area contributed by atoms with Gasteiger partial charge in [-0.05, 0) is 43.7 Å². The molecule has 1 aliphatic heterocycles. The number of benzene rings is 1. The predicted octanol–water partition coefficient (Wildman–Crippen LogP) is 3.16. The van der Waals surface area contributed by atoms with Crippen LogP contribution in [-0.4, -0.2) is 16.7 Å². The molecule has 0 saturated heterocycles. The molecule has 4 N–H and O–H groups in total. The molecule has 2 aromatic rings. The van der Waals surface area contributed by atoms with Crippen molar-refractivity contribution in [1.29, 1.82) is 0 Å². The monoisotopic (exact) mass is 341 g/mol. The number of alkyl halides is 3. The molecule has 3 rings (SSSR count). The van der Waals surface area contributed by atoms with Gasteiger partial charge in [0, 0.05) is 23.0 Å². The van der Waals surface area contributed by atoms with E-state index in [0.717, 1.165) is 24.4 Å². The second-order valence-corrected chi connectivity index (χ2v) is 6.38. The van der Waals surface area contributed by atoms with E-state index >= 15 is 0 Å². The topological polar surface area (TPSA) is 70.9 Å². The van der Waals surface area contributed by atoms with Gasteiger partial charge in [0.2, 0.25) is 0 Å². The van der Waals surface area contributed by atoms with E-state index in [-0.39, 0.29) is 22.5 Å². The quantitative estimate of drug-likeness (QED) is 0.698. The average molecular weight is 341 g/mol. The summed E-state index contributed by atoms with van der Waals surface area (Å²) in [6.07, 6.45) is -3.74. The number of halogens is 4. The summed E-state index contributed by atoms with van der Waals surface area (Å²) >= 11 is 0. The van der Waals surface area contributed by atoms with Crippen molar-refractivity contribution in [3.05, 3.63) is 57.8 Å². The fourth-order valence-corrected chi connectivity index (χ4v) is 3.50. The number of nitrogens with two attached hydrogens (primary N) is 1. The third kappa shape index (κ3) is 1.99. The minimum Gasteiger partial charge on any atom is -0.351 e. The first-order valence-corrected chi connectivity index (χ1v) is 7.15. The second kappa shape index (κ2) is 4.83. The fourth-order valence-electron chi connectivity index (χ4n) is 3.50. The maximum atomic E-state index is 14.4. The van der Waals surface area contributed by atoms with Gasteiger partial charge in [-0.2, -0.15) is 13.2 Å². The van der Waals surface area contributed by atoms with Crippen molar-refractivity contribution in [3.63, 3.8) is 0 Å². The van der Waals surface area contributed by atoms with Crippen molar-refractivity contribution >= 4 is 11.4 Å². The number of fused-ring (bicyclic) bond motifs is 2. The Labute approximate surface area is 134 Å². The molecular formula is C16H15F4N3O. The van der Waals surface area contributed by atoms with E-state index in [0.29, 0.717) is 0 Å². The Bertz CT molecular complexity index is 851. The van der Waals surface area contributed by atoms with Crippen molar-refractivity contribution in [2.45, 2.75) is 31.0 Å². The second-order valence-electron chi connectivity index (χ2n) is 6.38. The number of aromatic nitrogens is 1. The van der Waals surface area contributed by atoms with Crippen LogP contribution < -0.4 is 16.6 Å². The molecule has 2 heterocycles. The summed E-state index contributed by atoms with van der Waals surface area (Å²) in [5, 5.41) is 2.67. The Balaban J connectivity index is 2.55. The summed E-state index contributed by atoms with van der Waals surface area (Å²) in [5.41, 5.74) is -0.258. The van der Waals surface area contributed by atoms with Crippen LogP contribution in [-0.2, 0) is 5.41 Å². The zero-order valence-electron chi connectivity index (χ0n) is 12.9. The van der Waals surface area contributed by atoms with Gasteiger partial charge in [0.1, 0.15) is 16.9 Å². The number of rotatable bonds is 1. The van der Waals surface area contributed by atoms with Gasteiger partial charge in [0.05, 0.1) is 0 Å². The summed E-state index contributed by atoms with van der Waals surface area (Å²) in [6.45, 7) is 2.43. The molecule has 1 aromatic heterocycles. The van der Waals surface area contributed by atoms with Gasteiger partial charge in [-0.1, -0.05) is 0 Å². The molecule has 0 spiro atoms. The van der Waals surface area contributed by atoms with Crippen molar-refractivity contribution in [3.8, 4) is 0 Å². The lowest BCUT2D eigenvalue weighted by Crippen LogP contribution is -2.64. The molecule has 128 valence electrons. The van der Waals surface area contributed by atoms with Crippen molar-refractivity contribution in [1.82, 2.24) is 4.98 Å². The Morgan fingerprint density at radius 2 is 1.79 bits per heavy atom. The van der Waals surface area contributed by atoms with Crippen molar-refractivity contribution < 1.29 is 17.6 Å². The first kappa shape index (κ1) is 16.5. The van der Waals surface area contributed by atoms with Crippen LogP contribution >= 0.6 is 0 Å². The number of hydrogen-bond donors (Lipinski definition) is 3. The molecule has 0 amide bonds. The SMILES string of the molecule is CC(C)(N)C1(C(F)(F)F)c2cc(F)ccc2Nc2c1cc[nH]c2=O. The van der Waals surface area contributed by atoms with Crippen LogP contribution in [0.2, 0.25) is 0 Å². The predicted molar refractivity (Wildman–Crippen MR) is 81.8 cm³/mol. The highest BCUT2D eigenvalue weighted by molar-refractivity contribution is 5.77. The maximum absolute atomic E-state index is 14.4. The standard InChI is InChI=1S/C16H15F4N3O/c1-14(2,21)15(16(18,19)20)9-5-6-22-13(24)12(9)23-11-4-3-8(17)7-10(11)15/h3-7,23H,21H2,1-2H3,(H,22,24). The Kier molecular flexibility index (Phi) is 3.32. The molecule has 8 heteroatoms. The van der Waals surface area contributed by atoms with E-state index in [9.17, 15) is 22.4 Å². The van der Waals surface area contributed by atoms with E-state index < -0.39 is 28.5 Å². The smallest absolute Gasteiger partial charge is 0.351 e. The Hall–Kier alpha value is -2.35. The molecule has 0 radical (unpaired) electrons. The lowest BCUT2D eigenvalue weighted by molar-refractivity contribution is -0.193. The van der Waals surface area contributed by atoms with Crippen LogP contribution in [0.15, 0.2) is 35.3 Å². The van der Waals surface area contributed by atoms with Crippen molar-refractivity contribution in [2.75, 3.05) is 5.32 Å². The third-order valence-electron chi connectivity index (χ3n) is 4.40. The fraction of sp³-hybridized carbons (Fsp3) is 0.312. The molecule has 0 bridgehead atoms. The van der Waals surface area contributed by atoms with E-state index in [2.05, 4.69) is 10.3 Å². The van der Waals surface area contributed by atoms with Crippen LogP contribution in [0.5, 0.6) is 0 Å². The number of aromatic amines is 1. The summed E-state index contributed by atoms with van der Waals surface area (Å²) in [6, 6.07) is 4.17. The Morgan fingerprint density at radius 3 is 2.38 bits per heavy atom. The van der Waals surface area contributed by atoms with Crippen LogP contribution in [0.25, 0.3) is 0 Å². The minimum absolute atomic E-state index is 0.00329. The zero-order valence-corrected chi connectivity index (χ0v) is 12.9. The Morgan fingerprint density at radius 1 is 1.12 bits per heavy atom. The number of nitrogens with one attached hydrogen (secondary N) is 2. The highest BCUT2D eigenvalue weighted by Gasteiger charge is 2.66. The number of hydrogen-bond acceptors (Lipinski definition) is 3. The molecule has 24 heavy (non-hydrogen) atoms. The highest BCUT2D eigenvalue weighted by atomic mass is 19.4. The average Bonchev–Trinajstić information content (AvgIpc) is 2.43. The molecule has 1 aliphatic rings. The molecule has 0 saturated carbocycles. The largest absolute Gasteiger partial charge is 0.404 e. The van der Waals surface area contributed by atoms with Crippen LogP contribution in [0.3, 0.4) is 0 Å². The zero-order chi connectivity index (χ0) is 17.9. The third-order valence-corrected chi connectivity index (χ3v) is 4.40. The van der Waals surface area contributed by atoms with Crippen LogP contribution in [0.4, 0.5) is 28.9 Å². The summed E-state index contributed by atoms with van der Waals surface area (Å²) < 4.78 is 56.9. The van der Waals surface area contributed by atoms with Gasteiger partial charge >= 0.3 is 6.18 Å². The van der Waals surface area contributed by atoms with Crippen LogP contribution in [0, 0.1) is 5.82 Å². The summed E-state index contributed by atoms with van der Waals surface area (Å²) in [5.74, 6) is -0.818. The molecule has 0 fully saturated rings. The summed E-state index contributed by atoms with van der Waals surface area (Å²) in [7, 11) is 0. The molecule has 1 aromatic carbocycles. The van der Waals surface area contributed by atoms with Gasteiger partial charge in [-0.25, -0.2) is 4.39 Å². The van der Waals surface area contributed by atoms with Gasteiger partial charge < -0.3 is 16.0 Å². The molecule has 0 aliphatic carbocycles. The number of H-pyrrole nitrogens is 1. The highest BCUT2D eigenvalue weighted by Crippen LogP contribution is 2.57. The van der Waals surface area contributed by atoms with Gasteiger partial charge in [0.15, 0.2) is 0 Å². The van der Waals surface area contributed by atoms with E-state index in [1.807, 2.05) is 0 Å². The normalized spacial score (nSPS) is 20.1.